The number of para-hydroxylation sites is 2. The van der Waals surface area contributed by atoms with Crippen molar-refractivity contribution in [2.24, 2.45) is 0 Å². The monoisotopic (exact) mass is 714 g/mol. The van der Waals surface area contributed by atoms with E-state index in [9.17, 15) is 0 Å². The van der Waals surface area contributed by atoms with E-state index in [2.05, 4.69) is 240 Å². The van der Waals surface area contributed by atoms with E-state index >= 15 is 0 Å². The van der Waals surface area contributed by atoms with Crippen LogP contribution in [0.2, 0.25) is 0 Å². The molecule has 0 unspecified atom stereocenters. The fourth-order valence-electron chi connectivity index (χ4n) is 8.26. The average molecular weight is 715 g/mol. The number of anilines is 3. The van der Waals surface area contributed by atoms with Crippen LogP contribution >= 0.6 is 0 Å². The number of hydrogen-bond acceptors (Lipinski definition) is 1. The van der Waals surface area contributed by atoms with Crippen molar-refractivity contribution in [3.8, 4) is 50.2 Å². The van der Waals surface area contributed by atoms with E-state index in [0.717, 1.165) is 45.0 Å². The van der Waals surface area contributed by atoms with Gasteiger partial charge in [-0.25, -0.2) is 0 Å². The van der Waals surface area contributed by atoms with Crippen LogP contribution < -0.4 is 4.90 Å². The van der Waals surface area contributed by atoms with Crippen LogP contribution in [0.1, 0.15) is 0 Å². The lowest BCUT2D eigenvalue weighted by Gasteiger charge is -2.30. The van der Waals surface area contributed by atoms with Crippen LogP contribution in [0.15, 0.2) is 231 Å². The van der Waals surface area contributed by atoms with Crippen LogP contribution in [0, 0.1) is 0 Å². The fraction of sp³-hybridized carbons (Fsp3) is 0. The Labute approximate surface area is 327 Å². The predicted molar refractivity (Wildman–Crippen MR) is 237 cm³/mol. The zero-order valence-electron chi connectivity index (χ0n) is 30.8. The highest BCUT2D eigenvalue weighted by atomic mass is 15.2. The highest BCUT2D eigenvalue weighted by Crippen LogP contribution is 2.48. The van der Waals surface area contributed by atoms with Crippen molar-refractivity contribution in [3.63, 3.8) is 0 Å². The van der Waals surface area contributed by atoms with Crippen molar-refractivity contribution < 1.29 is 0 Å². The van der Waals surface area contributed by atoms with Gasteiger partial charge in [-0.2, -0.15) is 0 Å². The average Bonchev–Trinajstić information content (AvgIpc) is 3.63. The summed E-state index contributed by atoms with van der Waals surface area (Å²) in [5.41, 5.74) is 16.2. The zero-order valence-corrected chi connectivity index (χ0v) is 30.8. The Balaban J connectivity index is 1.27. The van der Waals surface area contributed by atoms with Crippen molar-refractivity contribution >= 4 is 38.9 Å². The van der Waals surface area contributed by atoms with Crippen molar-refractivity contribution in [1.29, 1.82) is 0 Å². The molecule has 0 radical (unpaired) electrons. The largest absolute Gasteiger partial charge is 0.309 e. The second kappa shape index (κ2) is 14.4. The first-order valence-electron chi connectivity index (χ1n) is 19.2. The van der Waals surface area contributed by atoms with Gasteiger partial charge in [0.25, 0.3) is 0 Å². The van der Waals surface area contributed by atoms with E-state index in [4.69, 9.17) is 0 Å². The van der Waals surface area contributed by atoms with Gasteiger partial charge in [0, 0.05) is 27.7 Å². The summed E-state index contributed by atoms with van der Waals surface area (Å²) in [6.45, 7) is 0. The molecule has 2 heteroatoms. The van der Waals surface area contributed by atoms with E-state index < -0.39 is 0 Å². The molecular weight excluding hydrogens is 677 g/mol. The molecule has 0 aliphatic heterocycles. The molecule has 0 saturated heterocycles. The van der Waals surface area contributed by atoms with Gasteiger partial charge < -0.3 is 9.47 Å². The smallest absolute Gasteiger partial charge is 0.0562 e. The van der Waals surface area contributed by atoms with Gasteiger partial charge >= 0.3 is 0 Å². The molecule has 10 rings (SSSR count). The number of benzene rings is 9. The van der Waals surface area contributed by atoms with Gasteiger partial charge in [0.1, 0.15) is 0 Å². The molecule has 0 spiro atoms. The van der Waals surface area contributed by atoms with E-state index in [1.807, 2.05) is 0 Å². The van der Waals surface area contributed by atoms with Gasteiger partial charge in [0.15, 0.2) is 0 Å². The normalized spacial score (nSPS) is 11.2. The van der Waals surface area contributed by atoms with Crippen LogP contribution in [0.25, 0.3) is 72.0 Å². The number of nitrogens with zero attached hydrogens (tertiary/aromatic N) is 2. The van der Waals surface area contributed by atoms with Crippen LogP contribution in [0.4, 0.5) is 17.1 Å². The summed E-state index contributed by atoms with van der Waals surface area (Å²) in [6, 6.07) is 83.1. The highest BCUT2D eigenvalue weighted by Gasteiger charge is 2.24. The van der Waals surface area contributed by atoms with Gasteiger partial charge in [0.2, 0.25) is 0 Å². The van der Waals surface area contributed by atoms with Gasteiger partial charge in [-0.3, -0.25) is 0 Å². The molecule has 1 aromatic heterocycles. The highest BCUT2D eigenvalue weighted by molar-refractivity contribution is 6.17. The third-order valence-corrected chi connectivity index (χ3v) is 10.8. The SMILES string of the molecule is c1ccc(-c2ccc(N(c3cccc(-c4ccccc4-c4ccccc4)c3)c3cccc4c3c3ccccc3n4-c3ccccc3)c(-c3ccccc3)c2)cc1. The second-order valence-electron chi connectivity index (χ2n) is 14.1. The van der Waals surface area contributed by atoms with Crippen LogP contribution in [-0.4, -0.2) is 4.57 Å². The Morgan fingerprint density at radius 1 is 0.304 bits per heavy atom. The van der Waals surface area contributed by atoms with Gasteiger partial charge in [-0.15, -0.1) is 0 Å². The summed E-state index contributed by atoms with van der Waals surface area (Å²) in [5, 5.41) is 2.41. The molecule has 1 heterocycles. The van der Waals surface area contributed by atoms with E-state index in [1.165, 1.54) is 44.1 Å². The number of rotatable bonds is 8. The van der Waals surface area contributed by atoms with Crippen molar-refractivity contribution in [2.75, 3.05) is 4.90 Å². The van der Waals surface area contributed by atoms with Crippen molar-refractivity contribution in [3.05, 3.63) is 231 Å². The van der Waals surface area contributed by atoms with E-state index in [1.54, 1.807) is 0 Å². The Morgan fingerprint density at radius 2 is 0.839 bits per heavy atom. The maximum Gasteiger partial charge on any atom is 0.0562 e. The molecule has 0 amide bonds. The molecule has 264 valence electrons. The lowest BCUT2D eigenvalue weighted by Crippen LogP contribution is -2.12. The first kappa shape index (κ1) is 33.2. The molecule has 0 fully saturated rings. The Bertz CT molecular complexity index is 2950. The molecule has 0 N–H and O–H groups in total. The van der Waals surface area contributed by atoms with E-state index in [-0.39, 0.29) is 0 Å². The molecule has 0 aliphatic rings. The molecule has 0 saturated carbocycles. The maximum absolute atomic E-state index is 2.48. The summed E-state index contributed by atoms with van der Waals surface area (Å²) < 4.78 is 2.40. The first-order chi connectivity index (χ1) is 27.8. The second-order valence-corrected chi connectivity index (χ2v) is 14.1. The lowest BCUT2D eigenvalue weighted by atomic mass is 9.93. The number of fused-ring (bicyclic) bond motifs is 3. The third-order valence-electron chi connectivity index (χ3n) is 10.8. The summed E-state index contributed by atoms with van der Waals surface area (Å²) in [4.78, 5) is 2.48. The summed E-state index contributed by atoms with van der Waals surface area (Å²) in [7, 11) is 0. The molecule has 56 heavy (non-hydrogen) atoms. The first-order valence-corrected chi connectivity index (χ1v) is 19.2. The van der Waals surface area contributed by atoms with Crippen LogP contribution in [-0.2, 0) is 0 Å². The number of hydrogen-bond donors (Lipinski definition) is 0. The minimum absolute atomic E-state index is 1.08. The molecule has 2 nitrogen and oxygen atoms in total. The molecular formula is C54H38N2. The zero-order chi connectivity index (χ0) is 37.3. The molecule has 0 atom stereocenters. The minimum atomic E-state index is 1.08. The molecule has 10 aromatic rings. The maximum atomic E-state index is 2.48. The predicted octanol–water partition coefficient (Wildman–Crippen LogP) is 14.9. The molecule has 0 aliphatic carbocycles. The topological polar surface area (TPSA) is 8.17 Å². The van der Waals surface area contributed by atoms with Gasteiger partial charge in [0.05, 0.1) is 22.4 Å². The van der Waals surface area contributed by atoms with Crippen LogP contribution in [0.5, 0.6) is 0 Å². The molecule has 9 aromatic carbocycles. The van der Waals surface area contributed by atoms with Gasteiger partial charge in [-0.1, -0.05) is 176 Å². The third kappa shape index (κ3) is 5.95. The number of aromatic nitrogens is 1. The summed E-state index contributed by atoms with van der Waals surface area (Å²) >= 11 is 0. The summed E-state index contributed by atoms with van der Waals surface area (Å²) in [6.07, 6.45) is 0. The van der Waals surface area contributed by atoms with Crippen molar-refractivity contribution in [2.45, 2.75) is 0 Å². The Hall–Kier alpha value is -7.42. The lowest BCUT2D eigenvalue weighted by molar-refractivity contribution is 1.18. The molecule has 0 bridgehead atoms. The summed E-state index contributed by atoms with van der Waals surface area (Å²) in [5.74, 6) is 0. The van der Waals surface area contributed by atoms with Gasteiger partial charge in [-0.05, 0) is 93.5 Å². The standard InChI is InChI=1S/C54H38N2/c1-5-19-39(20-6-1)42-35-36-51(49(38-42)41-23-9-3-10-24-41)56(45-28-17-25-43(37-45)47-30-14-13-29-46(47)40-21-7-2-8-22-40)53-34-18-33-52-54(53)48-31-15-16-32-50(48)55(52)44-26-11-4-12-27-44/h1-38H. The van der Waals surface area contributed by atoms with Crippen molar-refractivity contribution in [1.82, 2.24) is 4.57 Å². The Kier molecular flexibility index (Phi) is 8.55. The van der Waals surface area contributed by atoms with E-state index in [0.29, 0.717) is 0 Å². The van der Waals surface area contributed by atoms with Crippen LogP contribution in [0.3, 0.4) is 0 Å². The Morgan fingerprint density at radius 3 is 1.55 bits per heavy atom. The fourth-order valence-corrected chi connectivity index (χ4v) is 8.26. The minimum Gasteiger partial charge on any atom is -0.309 e. The quantitative estimate of drug-likeness (QED) is 0.152.